The van der Waals surface area contributed by atoms with Gasteiger partial charge >= 0.3 is 35.7 Å². The molecule has 0 aromatic heterocycles. The molecule has 4 heteroatoms. The van der Waals surface area contributed by atoms with Gasteiger partial charge in [-0.2, -0.15) is 7.11 Å². The van der Waals surface area contributed by atoms with Gasteiger partial charge in [-0.15, -0.1) is 0 Å². The third kappa shape index (κ3) is 8.86. The van der Waals surface area contributed by atoms with Crippen LogP contribution in [0.25, 0.3) is 0 Å². The smallest absolute Gasteiger partial charge is 0.609 e. The van der Waals surface area contributed by atoms with E-state index >= 15 is 0 Å². The number of hydrogen-bond acceptors (Lipinski definition) is 2. The Morgan fingerprint density at radius 1 is 1.83 bits per heavy atom. The van der Waals surface area contributed by atoms with Gasteiger partial charge in [0, 0.05) is 0 Å². The zero-order chi connectivity index (χ0) is 4.28. The van der Waals surface area contributed by atoms with Crippen molar-refractivity contribution in [3.8, 4) is 0 Å². The summed E-state index contributed by atoms with van der Waals surface area (Å²) in [6, 6.07) is 0. The van der Waals surface area contributed by atoms with E-state index < -0.39 is 6.16 Å². The topological polar surface area (TPSA) is 46.5 Å². The van der Waals surface area contributed by atoms with Crippen molar-refractivity contribution < 1.29 is 44.2 Å². The van der Waals surface area contributed by atoms with Crippen LogP contribution < -0.4 is 29.6 Å². The summed E-state index contributed by atoms with van der Waals surface area (Å²) in [7, 11) is 2.59. The molecule has 30 valence electrons. The van der Waals surface area contributed by atoms with Crippen LogP contribution in [0.15, 0.2) is 0 Å². The van der Waals surface area contributed by atoms with Crippen molar-refractivity contribution >= 4 is 6.16 Å². The predicted molar refractivity (Wildman–Crippen MR) is 14.5 cm³/mol. The van der Waals surface area contributed by atoms with Crippen LogP contribution in [0.4, 0.5) is 4.79 Å². The minimum absolute atomic E-state index is 0. The first-order valence-corrected chi connectivity index (χ1v) is 0.921. The molecule has 0 spiro atoms. The molecule has 0 saturated carbocycles. The molecule has 0 radical (unpaired) electrons. The average Bonchev–Trinajstić information content (AvgIpc) is 1.38. The van der Waals surface area contributed by atoms with Crippen molar-refractivity contribution in [3.63, 3.8) is 0 Å². The van der Waals surface area contributed by atoms with E-state index in [4.69, 9.17) is 9.90 Å². The van der Waals surface area contributed by atoms with Crippen LogP contribution in [-0.4, -0.2) is 11.3 Å². The van der Waals surface area contributed by atoms with Gasteiger partial charge in [0.1, 0.15) is 0 Å². The van der Waals surface area contributed by atoms with Gasteiger partial charge in [0.05, 0.1) is 0 Å². The van der Waals surface area contributed by atoms with E-state index in [1.165, 1.54) is 0 Å². The van der Waals surface area contributed by atoms with Gasteiger partial charge in [-0.05, 0) is 0 Å². The largest absolute Gasteiger partial charge is 1.00 e. The van der Waals surface area contributed by atoms with Crippen LogP contribution in [0.2, 0.25) is 0 Å². The molecule has 0 fully saturated rings. The quantitative estimate of drug-likeness (QED) is 0.206. The second-order valence-electron chi connectivity index (χ2n) is 0.410. The number of carboxylic acid groups (broad SMARTS) is 1. The van der Waals surface area contributed by atoms with Gasteiger partial charge in [-0.3, -0.25) is 0 Å². The van der Waals surface area contributed by atoms with Gasteiger partial charge in [0.25, 0.3) is 0 Å². The molecule has 0 rings (SSSR count). The van der Waals surface area contributed by atoms with Crippen molar-refractivity contribution in [2.75, 3.05) is 0 Å². The molecular weight excluding hydrogens is 95.0 g/mol. The van der Waals surface area contributed by atoms with Crippen molar-refractivity contribution in [1.29, 1.82) is 0 Å². The zero-order valence-electron chi connectivity index (χ0n) is 3.47. The van der Waals surface area contributed by atoms with Crippen molar-refractivity contribution in [3.05, 3.63) is 7.11 Å². The summed E-state index contributed by atoms with van der Waals surface area (Å²) in [5.41, 5.74) is 0. The second-order valence-corrected chi connectivity index (χ2v) is 0.410. The van der Waals surface area contributed by atoms with Crippen LogP contribution in [-0.2, 0) is 4.74 Å². The van der Waals surface area contributed by atoms with E-state index in [2.05, 4.69) is 11.8 Å². The Hall–Kier alpha value is 0.270. The Morgan fingerprint density at radius 3 is 2.00 bits per heavy atom. The molecule has 0 unspecified atom stereocenters. The van der Waals surface area contributed by atoms with Crippen molar-refractivity contribution in [1.82, 2.24) is 0 Å². The van der Waals surface area contributed by atoms with Gasteiger partial charge in [-0.25, -0.2) is 4.79 Å². The molecule has 3 nitrogen and oxygen atoms in total. The van der Waals surface area contributed by atoms with E-state index in [1.54, 1.807) is 0 Å². The molecule has 0 aliphatic heterocycles. The minimum atomic E-state index is -1.36. The van der Waals surface area contributed by atoms with Gasteiger partial charge in [-0.1, -0.05) is 0 Å². The van der Waals surface area contributed by atoms with Crippen molar-refractivity contribution in [2.24, 2.45) is 0 Å². The normalized spacial score (nSPS) is 5.50. The molecule has 0 bridgehead atoms. The first kappa shape index (κ1) is 9.55. The monoisotopic (exact) mass is 98.0 g/mol. The van der Waals surface area contributed by atoms with Gasteiger partial charge in [0.15, 0.2) is 0 Å². The Kier molecular flexibility index (Phi) is 8.39. The van der Waals surface area contributed by atoms with Crippen LogP contribution in [0, 0.1) is 7.11 Å². The number of rotatable bonds is 0. The Balaban J connectivity index is 0. The average molecular weight is 98.0 g/mol. The summed E-state index contributed by atoms with van der Waals surface area (Å²) in [6.07, 6.45) is -1.36. The summed E-state index contributed by atoms with van der Waals surface area (Å²) < 4.78 is 3.42. The summed E-state index contributed by atoms with van der Waals surface area (Å²) in [4.78, 5) is 9.08. The van der Waals surface area contributed by atoms with E-state index in [-0.39, 0.29) is 29.6 Å². The Labute approximate surface area is 57.6 Å². The van der Waals surface area contributed by atoms with Crippen LogP contribution in [0.1, 0.15) is 0 Å². The second kappa shape index (κ2) is 5.27. The molecule has 0 amide bonds. The summed E-state index contributed by atoms with van der Waals surface area (Å²) in [6.45, 7) is 0. The minimum Gasteiger partial charge on any atom is -0.609 e. The summed E-state index contributed by atoms with van der Waals surface area (Å²) >= 11 is 0. The molecule has 0 saturated heterocycles. The number of carbonyl (C=O) groups is 1. The molecule has 0 aromatic carbocycles. The maximum Gasteiger partial charge on any atom is 1.00 e. The number of ether oxygens (including phenoxy) is 1. The predicted octanol–water partition coefficient (Wildman–Crippen LogP) is -2.52. The van der Waals surface area contributed by atoms with Crippen LogP contribution in [0.5, 0.6) is 0 Å². The van der Waals surface area contributed by atoms with E-state index in [1.807, 2.05) is 0 Å². The van der Waals surface area contributed by atoms with E-state index in [0.717, 1.165) is 0 Å². The molecule has 6 heavy (non-hydrogen) atoms. The first-order valence-electron chi connectivity index (χ1n) is 0.921. The van der Waals surface area contributed by atoms with E-state index in [9.17, 15) is 0 Å². The molecule has 0 aliphatic carbocycles. The van der Waals surface area contributed by atoms with Crippen LogP contribution in [0.3, 0.4) is 0 Å². The third-order valence-corrected chi connectivity index (χ3v) is 0.123. The number of hydrogen-bond donors (Lipinski definition) is 1. The van der Waals surface area contributed by atoms with Gasteiger partial charge in [0.2, 0.25) is 0 Å². The summed E-state index contributed by atoms with van der Waals surface area (Å²) in [5, 5.41) is 7.44. The molecule has 0 heterocycles. The summed E-state index contributed by atoms with van der Waals surface area (Å²) in [5.74, 6) is 0. The molecular formula is C2H3NaO3. The fourth-order valence-corrected chi connectivity index (χ4v) is 0. The fraction of sp³-hybridized carbons (Fsp3) is 0. The molecule has 0 atom stereocenters. The van der Waals surface area contributed by atoms with Gasteiger partial charge < -0.3 is 9.84 Å². The first-order chi connectivity index (χ1) is 2.27. The Bertz CT molecular complexity index is 44.1. The fourth-order valence-electron chi connectivity index (χ4n) is 0. The molecule has 0 aliphatic rings. The van der Waals surface area contributed by atoms with Crippen LogP contribution >= 0.6 is 0 Å². The zero-order valence-corrected chi connectivity index (χ0v) is 5.47. The molecule has 0 aromatic rings. The van der Waals surface area contributed by atoms with Crippen molar-refractivity contribution in [2.45, 2.75) is 0 Å². The Morgan fingerprint density at radius 2 is 2.00 bits per heavy atom. The van der Waals surface area contributed by atoms with E-state index in [0.29, 0.717) is 0 Å². The SMILES string of the molecule is [CH2-]OC(=O)O.[Na+]. The maximum atomic E-state index is 9.08. The third-order valence-electron chi connectivity index (χ3n) is 0.123. The maximum absolute atomic E-state index is 9.08. The standard InChI is InChI=1S/C2H3O3.Na/c1-5-2(3)4;/h1H2,(H,3,4);/q-1;+1. The molecule has 1 N–H and O–H groups in total.